The molecular weight excluding hydrogens is 345 g/mol. The third-order valence-corrected chi connectivity index (χ3v) is 3.87. The number of pyridine rings is 1. The SMILES string of the molecule is Cc1cccc(CNC(=O)c2ccnc(C(=O)Nc3cccc(F)c3)c2)c1. The van der Waals surface area contributed by atoms with Crippen molar-refractivity contribution >= 4 is 17.5 Å². The van der Waals surface area contributed by atoms with E-state index in [9.17, 15) is 14.0 Å². The topological polar surface area (TPSA) is 71.1 Å². The van der Waals surface area contributed by atoms with E-state index >= 15 is 0 Å². The van der Waals surface area contributed by atoms with Crippen LogP contribution in [0.25, 0.3) is 0 Å². The third kappa shape index (κ3) is 4.98. The molecule has 0 radical (unpaired) electrons. The number of carbonyl (C=O) groups excluding carboxylic acids is 2. The summed E-state index contributed by atoms with van der Waals surface area (Å²) in [6, 6.07) is 16.3. The van der Waals surface area contributed by atoms with Gasteiger partial charge in [0.05, 0.1) is 0 Å². The maximum absolute atomic E-state index is 13.2. The van der Waals surface area contributed by atoms with Crippen molar-refractivity contribution in [1.82, 2.24) is 10.3 Å². The Labute approximate surface area is 156 Å². The number of hydrogen-bond donors (Lipinski definition) is 2. The summed E-state index contributed by atoms with van der Waals surface area (Å²) in [4.78, 5) is 28.6. The van der Waals surface area contributed by atoms with Crippen LogP contribution in [0, 0.1) is 12.7 Å². The van der Waals surface area contributed by atoms with Gasteiger partial charge in [0.25, 0.3) is 11.8 Å². The van der Waals surface area contributed by atoms with Crippen LogP contribution in [-0.2, 0) is 6.54 Å². The van der Waals surface area contributed by atoms with Crippen molar-refractivity contribution in [3.05, 3.63) is 95.1 Å². The molecule has 0 unspecified atom stereocenters. The van der Waals surface area contributed by atoms with Crippen LogP contribution in [-0.4, -0.2) is 16.8 Å². The molecule has 2 N–H and O–H groups in total. The van der Waals surface area contributed by atoms with Gasteiger partial charge in [-0.1, -0.05) is 35.9 Å². The molecule has 136 valence electrons. The van der Waals surface area contributed by atoms with Crippen LogP contribution in [0.3, 0.4) is 0 Å². The molecular formula is C21H18FN3O2. The lowest BCUT2D eigenvalue weighted by atomic mass is 10.1. The first-order valence-corrected chi connectivity index (χ1v) is 8.38. The Morgan fingerprint density at radius 3 is 2.59 bits per heavy atom. The van der Waals surface area contributed by atoms with E-state index in [1.165, 1.54) is 36.5 Å². The summed E-state index contributed by atoms with van der Waals surface area (Å²) in [6.07, 6.45) is 1.39. The van der Waals surface area contributed by atoms with Gasteiger partial charge in [0.1, 0.15) is 11.5 Å². The molecule has 2 aromatic carbocycles. The van der Waals surface area contributed by atoms with Crippen LogP contribution < -0.4 is 10.6 Å². The van der Waals surface area contributed by atoms with Gasteiger partial charge in [-0.05, 0) is 42.8 Å². The second kappa shape index (κ2) is 8.23. The van der Waals surface area contributed by atoms with Crippen LogP contribution in [0.15, 0.2) is 66.9 Å². The Balaban J connectivity index is 1.67. The third-order valence-electron chi connectivity index (χ3n) is 3.87. The highest BCUT2D eigenvalue weighted by Gasteiger charge is 2.12. The van der Waals surface area contributed by atoms with E-state index in [0.717, 1.165) is 11.1 Å². The van der Waals surface area contributed by atoms with Gasteiger partial charge in [-0.25, -0.2) is 4.39 Å². The van der Waals surface area contributed by atoms with Crippen molar-refractivity contribution in [1.29, 1.82) is 0 Å². The maximum atomic E-state index is 13.2. The predicted molar refractivity (Wildman–Crippen MR) is 101 cm³/mol. The van der Waals surface area contributed by atoms with E-state index in [0.29, 0.717) is 17.8 Å². The average molecular weight is 363 g/mol. The standard InChI is InChI=1S/C21H18FN3O2/c1-14-4-2-5-15(10-14)13-24-20(26)16-8-9-23-19(11-16)21(27)25-18-7-3-6-17(22)12-18/h2-12H,13H2,1H3,(H,24,26)(H,25,27). The number of hydrogen-bond acceptors (Lipinski definition) is 3. The quantitative estimate of drug-likeness (QED) is 0.726. The number of halogens is 1. The fourth-order valence-electron chi connectivity index (χ4n) is 2.56. The summed E-state index contributed by atoms with van der Waals surface area (Å²) in [5.41, 5.74) is 2.81. The lowest BCUT2D eigenvalue weighted by Crippen LogP contribution is -2.23. The monoisotopic (exact) mass is 363 g/mol. The van der Waals surface area contributed by atoms with Gasteiger partial charge in [0.2, 0.25) is 0 Å². The molecule has 0 aliphatic carbocycles. The van der Waals surface area contributed by atoms with Crippen molar-refractivity contribution in [2.24, 2.45) is 0 Å². The Morgan fingerprint density at radius 1 is 1.00 bits per heavy atom. The molecule has 0 atom stereocenters. The largest absolute Gasteiger partial charge is 0.348 e. The van der Waals surface area contributed by atoms with Crippen LogP contribution in [0.5, 0.6) is 0 Å². The lowest BCUT2D eigenvalue weighted by molar-refractivity contribution is 0.0950. The van der Waals surface area contributed by atoms with Gasteiger partial charge in [-0.15, -0.1) is 0 Å². The summed E-state index contributed by atoms with van der Waals surface area (Å²) in [7, 11) is 0. The number of aryl methyl sites for hydroxylation is 1. The number of amides is 2. The Hall–Kier alpha value is -3.54. The van der Waals surface area contributed by atoms with Crippen molar-refractivity contribution in [3.8, 4) is 0 Å². The highest BCUT2D eigenvalue weighted by atomic mass is 19.1. The first-order valence-electron chi connectivity index (χ1n) is 8.38. The molecule has 0 saturated carbocycles. The molecule has 0 aliphatic heterocycles. The van der Waals surface area contributed by atoms with Gasteiger partial charge in [-0.3, -0.25) is 14.6 Å². The van der Waals surface area contributed by atoms with Crippen LogP contribution >= 0.6 is 0 Å². The normalized spacial score (nSPS) is 10.3. The minimum absolute atomic E-state index is 0.0717. The lowest BCUT2D eigenvalue weighted by Gasteiger charge is -2.08. The second-order valence-electron chi connectivity index (χ2n) is 6.07. The van der Waals surface area contributed by atoms with Gasteiger partial charge >= 0.3 is 0 Å². The van der Waals surface area contributed by atoms with Gasteiger partial charge < -0.3 is 10.6 Å². The molecule has 1 aromatic heterocycles. The van der Waals surface area contributed by atoms with Crippen LogP contribution in [0.1, 0.15) is 32.0 Å². The molecule has 2 amide bonds. The zero-order valence-electron chi connectivity index (χ0n) is 14.7. The Kier molecular flexibility index (Phi) is 5.56. The van der Waals surface area contributed by atoms with E-state index in [4.69, 9.17) is 0 Å². The number of rotatable bonds is 5. The zero-order valence-corrected chi connectivity index (χ0v) is 14.7. The number of nitrogens with zero attached hydrogens (tertiary/aromatic N) is 1. The second-order valence-corrected chi connectivity index (χ2v) is 6.07. The van der Waals surface area contributed by atoms with Crippen molar-refractivity contribution in [2.75, 3.05) is 5.32 Å². The van der Waals surface area contributed by atoms with Gasteiger partial charge in [0, 0.05) is 24.0 Å². The maximum Gasteiger partial charge on any atom is 0.274 e. The predicted octanol–water partition coefficient (Wildman–Crippen LogP) is 3.71. The van der Waals surface area contributed by atoms with E-state index in [1.807, 2.05) is 31.2 Å². The van der Waals surface area contributed by atoms with E-state index < -0.39 is 11.7 Å². The highest BCUT2D eigenvalue weighted by molar-refractivity contribution is 6.04. The summed E-state index contributed by atoms with van der Waals surface area (Å²) in [5.74, 6) is -1.28. The van der Waals surface area contributed by atoms with Crippen molar-refractivity contribution in [3.63, 3.8) is 0 Å². The number of nitrogens with one attached hydrogen (secondary N) is 2. The molecule has 3 rings (SSSR count). The molecule has 3 aromatic rings. The zero-order chi connectivity index (χ0) is 19.2. The first kappa shape index (κ1) is 18.3. The van der Waals surface area contributed by atoms with Gasteiger partial charge in [-0.2, -0.15) is 0 Å². The summed E-state index contributed by atoms with van der Waals surface area (Å²) in [6.45, 7) is 2.37. The summed E-state index contributed by atoms with van der Waals surface area (Å²) in [5, 5.41) is 5.37. The van der Waals surface area contributed by atoms with Crippen LogP contribution in [0.4, 0.5) is 10.1 Å². The number of carbonyl (C=O) groups is 2. The minimum atomic E-state index is -0.520. The highest BCUT2D eigenvalue weighted by Crippen LogP contribution is 2.11. The minimum Gasteiger partial charge on any atom is -0.348 e. The molecule has 0 bridgehead atoms. The molecule has 27 heavy (non-hydrogen) atoms. The molecule has 0 spiro atoms. The molecule has 5 nitrogen and oxygen atoms in total. The molecule has 0 fully saturated rings. The fraction of sp³-hybridized carbons (Fsp3) is 0.0952. The number of benzene rings is 2. The first-order chi connectivity index (χ1) is 13.0. The summed E-state index contributed by atoms with van der Waals surface area (Å²) < 4.78 is 13.2. The molecule has 6 heteroatoms. The van der Waals surface area contributed by atoms with Crippen LogP contribution in [0.2, 0.25) is 0 Å². The fourth-order valence-corrected chi connectivity index (χ4v) is 2.56. The van der Waals surface area contributed by atoms with E-state index in [-0.39, 0.29) is 11.6 Å². The van der Waals surface area contributed by atoms with Crippen molar-refractivity contribution < 1.29 is 14.0 Å². The summed E-state index contributed by atoms with van der Waals surface area (Å²) >= 11 is 0. The smallest absolute Gasteiger partial charge is 0.274 e. The number of anilines is 1. The van der Waals surface area contributed by atoms with E-state index in [2.05, 4.69) is 15.6 Å². The van der Waals surface area contributed by atoms with Crippen molar-refractivity contribution in [2.45, 2.75) is 13.5 Å². The Bertz CT molecular complexity index is 988. The molecule has 0 saturated heterocycles. The van der Waals surface area contributed by atoms with E-state index in [1.54, 1.807) is 6.07 Å². The van der Waals surface area contributed by atoms with Gasteiger partial charge in [0.15, 0.2) is 0 Å². The average Bonchev–Trinajstić information content (AvgIpc) is 2.66. The number of aromatic nitrogens is 1. The Morgan fingerprint density at radius 2 is 1.81 bits per heavy atom. The molecule has 0 aliphatic rings. The molecule has 1 heterocycles.